The lowest BCUT2D eigenvalue weighted by Gasteiger charge is -2.27. The lowest BCUT2D eigenvalue weighted by atomic mass is 10.3. The van der Waals surface area contributed by atoms with Crippen LogP contribution < -0.4 is 0 Å². The number of likely N-dealkylation sites (N-methyl/N-ethyl adjacent to an activating group) is 1. The van der Waals surface area contributed by atoms with Crippen LogP contribution in [-0.2, 0) is 9.59 Å². The summed E-state index contributed by atoms with van der Waals surface area (Å²) < 4.78 is 0.155. The fourth-order valence-corrected chi connectivity index (χ4v) is 1.20. The highest BCUT2D eigenvalue weighted by Gasteiger charge is 2.27. The summed E-state index contributed by atoms with van der Waals surface area (Å²) in [5, 5.41) is 0. The van der Waals surface area contributed by atoms with Gasteiger partial charge < -0.3 is 0 Å². The van der Waals surface area contributed by atoms with Gasteiger partial charge >= 0.3 is 5.91 Å². The Balaban J connectivity index is 4.88. The topological polar surface area (TPSA) is 34.1 Å². The zero-order valence-corrected chi connectivity index (χ0v) is 8.19. The van der Waals surface area contributed by atoms with Crippen LogP contribution in [0, 0.1) is 0 Å². The molecule has 0 heterocycles. The molecule has 0 aliphatic rings. The molecule has 0 atom stereocenters. The van der Waals surface area contributed by atoms with Crippen molar-refractivity contribution < 1.29 is 14.1 Å². The van der Waals surface area contributed by atoms with Crippen LogP contribution in [0.1, 0.15) is 13.8 Å². The van der Waals surface area contributed by atoms with Crippen molar-refractivity contribution in [3.63, 3.8) is 0 Å². The van der Waals surface area contributed by atoms with Crippen LogP contribution in [0.15, 0.2) is 24.9 Å². The first kappa shape index (κ1) is 11.8. The molecule has 0 N–H and O–H groups in total. The van der Waals surface area contributed by atoms with E-state index in [0.717, 1.165) is 0 Å². The van der Waals surface area contributed by atoms with Gasteiger partial charge in [0.15, 0.2) is 0 Å². The zero-order valence-electron chi connectivity index (χ0n) is 8.19. The maximum atomic E-state index is 11.5. The zero-order chi connectivity index (χ0) is 10.3. The maximum absolute atomic E-state index is 11.5. The molecule has 0 aromatic rings. The Kier molecular flexibility index (Phi) is 4.92. The van der Waals surface area contributed by atoms with Crippen molar-refractivity contribution in [2.24, 2.45) is 0 Å². The van der Waals surface area contributed by atoms with Gasteiger partial charge in [0.25, 0.3) is 0 Å². The van der Waals surface area contributed by atoms with Crippen molar-refractivity contribution in [2.75, 3.05) is 13.1 Å². The molecule has 3 heteroatoms. The molecule has 3 nitrogen and oxygen atoms in total. The van der Waals surface area contributed by atoms with E-state index in [4.69, 9.17) is 0 Å². The third-order valence-electron chi connectivity index (χ3n) is 2.19. The van der Waals surface area contributed by atoms with E-state index in [1.807, 2.05) is 13.8 Å². The summed E-state index contributed by atoms with van der Waals surface area (Å²) in [4.78, 5) is 21.6. The first-order valence-electron chi connectivity index (χ1n) is 4.33. The van der Waals surface area contributed by atoms with Gasteiger partial charge in [-0.15, -0.1) is 0 Å². The smallest absolute Gasteiger partial charge is 0.298 e. The fourth-order valence-electron chi connectivity index (χ4n) is 1.20. The first-order chi connectivity index (χ1) is 6.16. The lowest BCUT2D eigenvalue weighted by molar-refractivity contribution is -0.796. The van der Waals surface area contributed by atoms with E-state index in [1.54, 1.807) is 6.20 Å². The number of allylic oxidation sites excluding steroid dienone is 1. The van der Waals surface area contributed by atoms with Crippen molar-refractivity contribution in [3.05, 3.63) is 24.9 Å². The molecule has 1 amide bonds. The summed E-state index contributed by atoms with van der Waals surface area (Å²) in [6, 6.07) is 0. The molecule has 0 aromatic heterocycles. The van der Waals surface area contributed by atoms with E-state index in [1.165, 1.54) is 12.2 Å². The summed E-state index contributed by atoms with van der Waals surface area (Å²) in [6.07, 6.45) is 4.93. The van der Waals surface area contributed by atoms with E-state index in [9.17, 15) is 9.59 Å². The van der Waals surface area contributed by atoms with Crippen LogP contribution in [0.5, 0.6) is 0 Å². The van der Waals surface area contributed by atoms with Gasteiger partial charge in [-0.05, 0) is 13.8 Å². The molecule has 0 aliphatic carbocycles. The van der Waals surface area contributed by atoms with E-state index in [2.05, 4.69) is 6.58 Å². The van der Waals surface area contributed by atoms with Crippen LogP contribution >= 0.6 is 0 Å². The molecule has 0 saturated heterocycles. The molecule has 13 heavy (non-hydrogen) atoms. The number of hydrogen-bond acceptors (Lipinski definition) is 2. The number of carbonyl (C=O) groups is 2. The number of carbonyl (C=O) groups excluding carboxylic acids is 2. The Morgan fingerprint density at radius 2 is 1.92 bits per heavy atom. The van der Waals surface area contributed by atoms with E-state index < -0.39 is 0 Å². The van der Waals surface area contributed by atoms with Crippen LogP contribution in [0.25, 0.3) is 0 Å². The molecule has 0 rings (SSSR count). The number of quaternary nitrogens is 1. The van der Waals surface area contributed by atoms with Crippen molar-refractivity contribution in [3.8, 4) is 0 Å². The van der Waals surface area contributed by atoms with Crippen LogP contribution in [-0.4, -0.2) is 29.8 Å². The number of nitrogens with zero attached hydrogens (tertiary/aromatic N) is 1. The molecule has 0 fully saturated rings. The lowest BCUT2D eigenvalue weighted by Crippen LogP contribution is -2.46. The number of hydrogen-bond donors (Lipinski definition) is 0. The van der Waals surface area contributed by atoms with E-state index >= 15 is 0 Å². The number of aldehydes is 1. The summed E-state index contributed by atoms with van der Waals surface area (Å²) >= 11 is 0. The van der Waals surface area contributed by atoms with Gasteiger partial charge in [0.05, 0.1) is 13.1 Å². The molecular weight excluding hydrogens is 166 g/mol. The van der Waals surface area contributed by atoms with Gasteiger partial charge in [-0.1, -0.05) is 6.58 Å². The van der Waals surface area contributed by atoms with Gasteiger partial charge in [0.1, 0.15) is 12.5 Å². The second-order valence-corrected chi connectivity index (χ2v) is 2.69. The largest absolute Gasteiger partial charge is 0.342 e. The average Bonchev–Trinajstić information content (AvgIpc) is 2.19. The molecular formula is C10H16NO2+. The Hall–Kier alpha value is -1.22. The Morgan fingerprint density at radius 1 is 1.38 bits per heavy atom. The fraction of sp³-hybridized carbons (Fsp3) is 0.400. The molecule has 0 bridgehead atoms. The third-order valence-corrected chi connectivity index (χ3v) is 2.19. The molecule has 0 aliphatic heterocycles. The molecule has 0 unspecified atom stereocenters. The number of rotatable bonds is 5. The van der Waals surface area contributed by atoms with Crippen molar-refractivity contribution >= 4 is 12.2 Å². The minimum atomic E-state index is -0.0805. The minimum absolute atomic E-state index is 0.0805. The Labute approximate surface area is 78.9 Å². The van der Waals surface area contributed by atoms with Crippen molar-refractivity contribution in [1.29, 1.82) is 0 Å². The van der Waals surface area contributed by atoms with Crippen LogP contribution in [0.4, 0.5) is 0 Å². The van der Waals surface area contributed by atoms with Crippen molar-refractivity contribution in [2.45, 2.75) is 13.8 Å². The SMILES string of the molecule is C=CC(=O)[N+](C=CC=O)(CC)CC. The molecule has 0 radical (unpaired) electrons. The van der Waals surface area contributed by atoms with E-state index in [-0.39, 0.29) is 10.4 Å². The summed E-state index contributed by atoms with van der Waals surface area (Å²) in [5.74, 6) is -0.0805. The summed E-state index contributed by atoms with van der Waals surface area (Å²) in [5.41, 5.74) is 0. The Morgan fingerprint density at radius 3 is 2.23 bits per heavy atom. The summed E-state index contributed by atoms with van der Waals surface area (Å²) in [7, 11) is 0. The van der Waals surface area contributed by atoms with Crippen LogP contribution in [0.3, 0.4) is 0 Å². The molecule has 72 valence electrons. The molecule has 0 aromatic carbocycles. The van der Waals surface area contributed by atoms with Gasteiger partial charge in [-0.3, -0.25) is 4.79 Å². The summed E-state index contributed by atoms with van der Waals surface area (Å²) in [6.45, 7) is 8.51. The number of amides is 1. The second kappa shape index (κ2) is 5.43. The predicted molar refractivity (Wildman–Crippen MR) is 51.8 cm³/mol. The third kappa shape index (κ3) is 2.63. The highest BCUT2D eigenvalue weighted by molar-refractivity contribution is 5.81. The van der Waals surface area contributed by atoms with Gasteiger partial charge in [-0.2, -0.15) is 0 Å². The maximum Gasteiger partial charge on any atom is 0.342 e. The average molecular weight is 182 g/mol. The normalized spacial score (nSPS) is 11.5. The quantitative estimate of drug-likeness (QED) is 0.364. The Bertz CT molecular complexity index is 227. The van der Waals surface area contributed by atoms with Gasteiger partial charge in [-0.25, -0.2) is 9.28 Å². The molecule has 0 spiro atoms. The minimum Gasteiger partial charge on any atom is -0.298 e. The second-order valence-electron chi connectivity index (χ2n) is 2.69. The van der Waals surface area contributed by atoms with Crippen molar-refractivity contribution in [1.82, 2.24) is 0 Å². The highest BCUT2D eigenvalue weighted by atomic mass is 16.2. The van der Waals surface area contributed by atoms with E-state index in [0.29, 0.717) is 19.4 Å². The first-order valence-corrected chi connectivity index (χ1v) is 4.33. The van der Waals surface area contributed by atoms with Gasteiger partial charge in [0, 0.05) is 12.2 Å². The highest BCUT2D eigenvalue weighted by Crippen LogP contribution is 2.08. The van der Waals surface area contributed by atoms with Gasteiger partial charge in [0.2, 0.25) is 0 Å². The monoisotopic (exact) mass is 182 g/mol. The molecule has 0 saturated carbocycles. The predicted octanol–water partition coefficient (Wildman–Crippen LogP) is 1.27. The standard InChI is InChI=1S/C10H16NO2/c1-4-10(13)11(5-2,6-3)8-7-9-12/h4,7-9H,1,5-6H2,2-3H3/q+1. The van der Waals surface area contributed by atoms with Crippen LogP contribution in [0.2, 0.25) is 0 Å².